The first kappa shape index (κ1) is 22.8. The second-order valence-corrected chi connectivity index (χ2v) is 7.49. The van der Waals surface area contributed by atoms with Crippen molar-refractivity contribution in [1.82, 2.24) is 0 Å². The molecule has 33 heavy (non-hydrogen) atoms. The molecular weight excluding hydrogens is 440 g/mol. The van der Waals surface area contributed by atoms with Gasteiger partial charge in [-0.25, -0.2) is 0 Å². The maximum absolute atomic E-state index is 13.0. The molecule has 0 radical (unpaired) electrons. The smallest absolute Gasteiger partial charge is 0.229 e. The van der Waals surface area contributed by atoms with Crippen LogP contribution >= 0.6 is 0 Å². The van der Waals surface area contributed by atoms with Gasteiger partial charge in [0, 0.05) is 23.8 Å². The van der Waals surface area contributed by atoms with Crippen LogP contribution in [0.4, 0.5) is 0 Å². The van der Waals surface area contributed by atoms with Crippen LogP contribution in [0.5, 0.6) is 23.0 Å². The van der Waals surface area contributed by atoms with Gasteiger partial charge in [-0.2, -0.15) is 0 Å². The van der Waals surface area contributed by atoms with Gasteiger partial charge in [0.25, 0.3) is 0 Å². The number of hydrogen-bond acceptors (Lipinski definition) is 11. The molecule has 4 rings (SSSR count). The summed E-state index contributed by atoms with van der Waals surface area (Å²) in [6.07, 6.45) is -7.64. The Bertz CT molecular complexity index is 1220. The van der Waals surface area contributed by atoms with E-state index in [0.29, 0.717) is 5.56 Å². The zero-order valence-corrected chi connectivity index (χ0v) is 17.3. The van der Waals surface area contributed by atoms with E-state index in [1.165, 1.54) is 37.4 Å². The van der Waals surface area contributed by atoms with Crippen LogP contribution in [0.15, 0.2) is 45.6 Å². The average molecular weight is 462 g/mol. The lowest BCUT2D eigenvalue weighted by atomic mass is 9.99. The summed E-state index contributed by atoms with van der Waals surface area (Å²) < 4.78 is 22.1. The lowest BCUT2D eigenvalue weighted by molar-refractivity contribution is -0.277. The average Bonchev–Trinajstić information content (AvgIpc) is 2.80. The van der Waals surface area contributed by atoms with Crippen molar-refractivity contribution in [1.29, 1.82) is 0 Å². The molecule has 3 aromatic rings. The Hall–Kier alpha value is -3.35. The second-order valence-electron chi connectivity index (χ2n) is 7.49. The van der Waals surface area contributed by atoms with Crippen LogP contribution < -0.4 is 14.9 Å². The fourth-order valence-corrected chi connectivity index (χ4v) is 3.55. The summed E-state index contributed by atoms with van der Waals surface area (Å²) in [5, 5.41) is 58.8. The molecule has 0 aliphatic carbocycles. The van der Waals surface area contributed by atoms with Crippen molar-refractivity contribution in [2.24, 2.45) is 0 Å². The molecule has 176 valence electrons. The molecule has 1 fully saturated rings. The number of fused-ring (bicyclic) bond motifs is 1. The Morgan fingerprint density at radius 3 is 2.39 bits per heavy atom. The molecule has 0 saturated carbocycles. The van der Waals surface area contributed by atoms with Crippen molar-refractivity contribution in [3.05, 3.63) is 46.6 Å². The SMILES string of the molecule is COc1cc(O[C@H]2O[C@H](CO)[C@H](O)[C@@H](O)[C@H]2O)c2c(=O)cc(-c3ccc(O)c(O)c3)oc2c1. The lowest BCUT2D eigenvalue weighted by Gasteiger charge is -2.39. The Morgan fingerprint density at radius 1 is 0.970 bits per heavy atom. The van der Waals surface area contributed by atoms with Crippen molar-refractivity contribution in [3.63, 3.8) is 0 Å². The third-order valence-electron chi connectivity index (χ3n) is 5.36. The molecule has 0 unspecified atom stereocenters. The number of rotatable bonds is 5. The minimum Gasteiger partial charge on any atom is -0.504 e. The molecule has 0 spiro atoms. The molecule has 0 amide bonds. The topological polar surface area (TPSA) is 179 Å². The van der Waals surface area contributed by atoms with Crippen molar-refractivity contribution in [3.8, 4) is 34.3 Å². The molecule has 1 aliphatic heterocycles. The van der Waals surface area contributed by atoms with Gasteiger partial charge in [-0.05, 0) is 18.2 Å². The van der Waals surface area contributed by atoms with Gasteiger partial charge in [-0.15, -0.1) is 0 Å². The normalized spacial score (nSPS) is 25.2. The fraction of sp³-hybridized carbons (Fsp3) is 0.318. The summed E-state index contributed by atoms with van der Waals surface area (Å²) >= 11 is 0. The summed E-state index contributed by atoms with van der Waals surface area (Å²) in [7, 11) is 1.37. The van der Waals surface area contributed by atoms with Crippen molar-refractivity contribution >= 4 is 11.0 Å². The highest BCUT2D eigenvalue weighted by Gasteiger charge is 2.45. The Morgan fingerprint density at radius 2 is 1.73 bits per heavy atom. The van der Waals surface area contributed by atoms with Gasteiger partial charge < -0.3 is 49.3 Å². The summed E-state index contributed by atoms with van der Waals surface area (Å²) in [5.41, 5.74) is -0.173. The molecule has 11 heteroatoms. The first-order chi connectivity index (χ1) is 15.7. The van der Waals surface area contributed by atoms with Crippen LogP contribution in [0.3, 0.4) is 0 Å². The maximum Gasteiger partial charge on any atom is 0.229 e. The zero-order valence-electron chi connectivity index (χ0n) is 17.3. The number of ether oxygens (including phenoxy) is 3. The first-order valence-electron chi connectivity index (χ1n) is 9.89. The second kappa shape index (κ2) is 8.89. The van der Waals surface area contributed by atoms with Crippen molar-refractivity contribution in [2.45, 2.75) is 30.7 Å². The number of hydrogen-bond donors (Lipinski definition) is 6. The first-order valence-corrected chi connectivity index (χ1v) is 9.89. The summed E-state index contributed by atoms with van der Waals surface area (Å²) in [6.45, 7) is -0.644. The minimum atomic E-state index is -1.68. The van der Waals surface area contributed by atoms with Gasteiger partial charge in [-0.1, -0.05) is 0 Å². The number of phenolic OH excluding ortho intramolecular Hbond substituents is 2. The van der Waals surface area contributed by atoms with E-state index >= 15 is 0 Å². The fourth-order valence-electron chi connectivity index (χ4n) is 3.55. The molecule has 6 N–H and O–H groups in total. The number of aliphatic hydroxyl groups excluding tert-OH is 4. The van der Waals surface area contributed by atoms with Crippen LogP contribution in [0.2, 0.25) is 0 Å². The van der Waals surface area contributed by atoms with E-state index in [2.05, 4.69) is 0 Å². The summed E-state index contributed by atoms with van der Waals surface area (Å²) in [6, 6.07) is 7.86. The maximum atomic E-state index is 13.0. The summed E-state index contributed by atoms with van der Waals surface area (Å²) in [5.74, 6) is -0.500. The molecule has 2 heterocycles. The molecule has 5 atom stereocenters. The number of aliphatic hydroxyl groups is 4. The van der Waals surface area contributed by atoms with Gasteiger partial charge in [0.1, 0.15) is 52.6 Å². The van der Waals surface area contributed by atoms with Crippen molar-refractivity contribution < 1.29 is 49.3 Å². The number of phenols is 2. The van der Waals surface area contributed by atoms with Crippen LogP contribution in [0.25, 0.3) is 22.3 Å². The van der Waals surface area contributed by atoms with Crippen LogP contribution in [0, 0.1) is 0 Å². The quantitative estimate of drug-likeness (QED) is 0.282. The predicted octanol–water partition coefficient (Wildman–Crippen LogP) is 0.0585. The summed E-state index contributed by atoms with van der Waals surface area (Å²) in [4.78, 5) is 13.0. The highest BCUT2D eigenvalue weighted by Crippen LogP contribution is 2.35. The third kappa shape index (κ3) is 4.19. The number of aromatic hydroxyl groups is 2. The highest BCUT2D eigenvalue weighted by atomic mass is 16.7. The molecule has 1 saturated heterocycles. The van der Waals surface area contributed by atoms with Crippen molar-refractivity contribution in [2.75, 3.05) is 13.7 Å². The van der Waals surface area contributed by atoms with Crippen LogP contribution in [-0.4, -0.2) is 75.1 Å². The molecule has 2 aromatic carbocycles. The molecule has 11 nitrogen and oxygen atoms in total. The molecular formula is C22H22O11. The third-order valence-corrected chi connectivity index (χ3v) is 5.36. The van der Waals surface area contributed by atoms with E-state index in [-0.39, 0.29) is 34.0 Å². The van der Waals surface area contributed by atoms with E-state index in [1.807, 2.05) is 0 Å². The van der Waals surface area contributed by atoms with Crippen LogP contribution in [-0.2, 0) is 4.74 Å². The highest BCUT2D eigenvalue weighted by molar-refractivity contribution is 5.86. The molecule has 1 aliphatic rings. The number of benzene rings is 2. The van der Waals surface area contributed by atoms with E-state index in [9.17, 15) is 35.4 Å². The largest absolute Gasteiger partial charge is 0.504 e. The number of methoxy groups -OCH3 is 1. The van der Waals surface area contributed by atoms with Crippen LogP contribution in [0.1, 0.15) is 0 Å². The van der Waals surface area contributed by atoms with E-state index in [0.717, 1.165) is 6.07 Å². The van der Waals surface area contributed by atoms with E-state index < -0.39 is 48.5 Å². The molecule has 0 bridgehead atoms. The van der Waals surface area contributed by atoms with E-state index in [4.69, 9.17) is 18.6 Å². The Kier molecular flexibility index (Phi) is 6.15. The van der Waals surface area contributed by atoms with Gasteiger partial charge in [0.15, 0.2) is 16.9 Å². The monoisotopic (exact) mass is 462 g/mol. The zero-order chi connectivity index (χ0) is 23.9. The Balaban J connectivity index is 1.79. The molecule has 1 aromatic heterocycles. The lowest BCUT2D eigenvalue weighted by Crippen LogP contribution is -2.60. The van der Waals surface area contributed by atoms with Gasteiger partial charge in [0.05, 0.1) is 13.7 Å². The predicted molar refractivity (Wildman–Crippen MR) is 112 cm³/mol. The van der Waals surface area contributed by atoms with Gasteiger partial charge in [-0.3, -0.25) is 4.79 Å². The Labute approximate surface area is 186 Å². The van der Waals surface area contributed by atoms with Gasteiger partial charge >= 0.3 is 0 Å². The minimum absolute atomic E-state index is 0.0282. The van der Waals surface area contributed by atoms with Gasteiger partial charge in [0.2, 0.25) is 6.29 Å². The standard InChI is InChI=1S/C22H22O11/c1-30-10-5-15-18(13(26)7-14(31-15)9-2-3-11(24)12(25)4-9)16(6-10)32-22-21(29)20(28)19(27)17(8-23)33-22/h2-7,17,19-25,27-29H,8H2,1H3/t17-,19+,20-,21-,22+/m1/s1. The van der Waals surface area contributed by atoms with E-state index in [1.54, 1.807) is 0 Å².